The highest BCUT2D eigenvalue weighted by molar-refractivity contribution is 7.22. The maximum atomic E-state index is 13.1. The molecule has 3 aromatic rings. The molecule has 0 saturated heterocycles. The number of thiazole rings is 1. The van der Waals surface area contributed by atoms with Crippen LogP contribution in [-0.2, 0) is 17.5 Å². The Kier molecular flexibility index (Phi) is 5.73. The number of nitrogens with zero attached hydrogens (tertiary/aromatic N) is 2. The van der Waals surface area contributed by atoms with E-state index in [0.29, 0.717) is 15.6 Å². The molecule has 9 heteroatoms. The van der Waals surface area contributed by atoms with Gasteiger partial charge in [0.05, 0.1) is 29.4 Å². The molecule has 0 saturated carbocycles. The Morgan fingerprint density at radius 3 is 2.68 bits per heavy atom. The number of benzene rings is 2. The number of alkyl halides is 3. The van der Waals surface area contributed by atoms with E-state index in [4.69, 9.17) is 4.74 Å². The average molecular weight is 409 g/mol. The van der Waals surface area contributed by atoms with E-state index >= 15 is 0 Å². The van der Waals surface area contributed by atoms with Gasteiger partial charge in [-0.15, -0.1) is 0 Å². The summed E-state index contributed by atoms with van der Waals surface area (Å²) in [6.07, 6.45) is -4.48. The second-order valence-corrected chi connectivity index (χ2v) is 7.10. The van der Waals surface area contributed by atoms with Crippen LogP contribution < -0.4 is 15.0 Å². The molecule has 1 aromatic heterocycles. The summed E-state index contributed by atoms with van der Waals surface area (Å²) in [5.41, 5.74) is -0.0476. The summed E-state index contributed by atoms with van der Waals surface area (Å²) in [6, 6.07) is 11.3. The zero-order valence-electron chi connectivity index (χ0n) is 15.2. The quantitative estimate of drug-likeness (QED) is 0.667. The minimum absolute atomic E-state index is 0.0314. The molecule has 1 amide bonds. The third-order valence-electron chi connectivity index (χ3n) is 4.09. The van der Waals surface area contributed by atoms with Crippen molar-refractivity contribution in [3.8, 4) is 5.75 Å². The molecule has 148 valence electrons. The lowest BCUT2D eigenvalue weighted by Crippen LogP contribution is -2.34. The highest BCUT2D eigenvalue weighted by Crippen LogP contribution is 2.38. The lowest BCUT2D eigenvalue weighted by Gasteiger charge is -2.16. The molecule has 5 nitrogen and oxygen atoms in total. The maximum absolute atomic E-state index is 13.1. The van der Waals surface area contributed by atoms with Crippen molar-refractivity contribution in [3.05, 3.63) is 53.6 Å². The van der Waals surface area contributed by atoms with Crippen molar-refractivity contribution in [2.75, 3.05) is 25.6 Å². The largest absolute Gasteiger partial charge is 0.496 e. The number of hydrogen-bond acceptors (Lipinski definition) is 5. The third-order valence-corrected chi connectivity index (χ3v) is 5.22. The maximum Gasteiger partial charge on any atom is 0.418 e. The topological polar surface area (TPSA) is 54.5 Å². The van der Waals surface area contributed by atoms with Crippen LogP contribution >= 0.6 is 11.3 Å². The van der Waals surface area contributed by atoms with E-state index in [1.165, 1.54) is 11.0 Å². The number of ether oxygens (including phenoxy) is 1. The first-order valence-electron chi connectivity index (χ1n) is 8.36. The molecule has 1 N–H and O–H groups in total. The number of halogens is 3. The molecule has 0 aliphatic rings. The van der Waals surface area contributed by atoms with Crippen molar-refractivity contribution in [2.24, 2.45) is 0 Å². The van der Waals surface area contributed by atoms with Gasteiger partial charge in [0.1, 0.15) is 5.75 Å². The van der Waals surface area contributed by atoms with Crippen LogP contribution in [0, 0.1) is 0 Å². The first-order valence-corrected chi connectivity index (χ1v) is 9.17. The second kappa shape index (κ2) is 8.05. The van der Waals surface area contributed by atoms with E-state index in [2.05, 4.69) is 10.3 Å². The van der Waals surface area contributed by atoms with Crippen molar-refractivity contribution in [1.29, 1.82) is 0 Å². The minimum Gasteiger partial charge on any atom is -0.496 e. The van der Waals surface area contributed by atoms with Gasteiger partial charge >= 0.3 is 6.18 Å². The van der Waals surface area contributed by atoms with Crippen LogP contribution in [0.3, 0.4) is 0 Å². The van der Waals surface area contributed by atoms with Crippen molar-refractivity contribution < 1.29 is 22.7 Å². The van der Waals surface area contributed by atoms with Gasteiger partial charge < -0.3 is 15.0 Å². The number of carbonyl (C=O) groups is 1. The number of nitrogens with one attached hydrogen (secondary N) is 1. The van der Waals surface area contributed by atoms with Gasteiger partial charge in [-0.3, -0.25) is 4.79 Å². The van der Waals surface area contributed by atoms with E-state index in [1.54, 1.807) is 26.3 Å². The van der Waals surface area contributed by atoms with E-state index in [9.17, 15) is 18.0 Å². The van der Waals surface area contributed by atoms with Gasteiger partial charge in [-0.05, 0) is 18.2 Å². The van der Waals surface area contributed by atoms with Crippen LogP contribution in [0.2, 0.25) is 0 Å². The van der Waals surface area contributed by atoms with Crippen LogP contribution in [0.25, 0.3) is 10.2 Å². The zero-order valence-corrected chi connectivity index (χ0v) is 16.0. The van der Waals surface area contributed by atoms with E-state index in [-0.39, 0.29) is 24.5 Å². The Balaban J connectivity index is 1.69. The van der Waals surface area contributed by atoms with Crippen LogP contribution in [0.5, 0.6) is 5.75 Å². The molecule has 0 bridgehead atoms. The highest BCUT2D eigenvalue weighted by atomic mass is 32.1. The molecular formula is C19H18F3N3O2S. The molecule has 0 aliphatic heterocycles. The van der Waals surface area contributed by atoms with Crippen molar-refractivity contribution >= 4 is 32.6 Å². The molecule has 0 radical (unpaired) electrons. The molecule has 3 rings (SSSR count). The number of amides is 1. The number of anilines is 1. The fourth-order valence-electron chi connectivity index (χ4n) is 2.71. The lowest BCUT2D eigenvalue weighted by molar-refractivity contribution is -0.136. The number of hydrogen-bond donors (Lipinski definition) is 1. The predicted octanol–water partition coefficient (Wildman–Crippen LogP) is 4.08. The predicted molar refractivity (Wildman–Crippen MR) is 103 cm³/mol. The summed E-state index contributed by atoms with van der Waals surface area (Å²) in [5, 5.41) is 3.13. The number of aromatic nitrogens is 1. The zero-order chi connectivity index (χ0) is 20.3. The van der Waals surface area contributed by atoms with Crippen LogP contribution in [0.1, 0.15) is 11.1 Å². The first-order chi connectivity index (χ1) is 13.3. The molecule has 0 atom stereocenters. The summed E-state index contributed by atoms with van der Waals surface area (Å²) in [4.78, 5) is 17.9. The van der Waals surface area contributed by atoms with Crippen LogP contribution in [0.4, 0.5) is 18.3 Å². The number of para-hydroxylation sites is 2. The highest BCUT2D eigenvalue weighted by Gasteiger charge is 2.34. The smallest absolute Gasteiger partial charge is 0.418 e. The second-order valence-electron chi connectivity index (χ2n) is 6.09. The molecular weight excluding hydrogens is 391 g/mol. The summed E-state index contributed by atoms with van der Waals surface area (Å²) < 4.78 is 45.1. The summed E-state index contributed by atoms with van der Waals surface area (Å²) in [5.74, 6) is 0.394. The molecule has 28 heavy (non-hydrogen) atoms. The van der Waals surface area contributed by atoms with Crippen molar-refractivity contribution in [3.63, 3.8) is 0 Å². The Bertz CT molecular complexity index is 988. The third kappa shape index (κ3) is 4.36. The first kappa shape index (κ1) is 19.9. The molecule has 0 unspecified atom stereocenters. The van der Waals surface area contributed by atoms with Crippen molar-refractivity contribution in [1.82, 2.24) is 10.3 Å². The van der Waals surface area contributed by atoms with Gasteiger partial charge in [-0.2, -0.15) is 13.2 Å². The average Bonchev–Trinajstić information content (AvgIpc) is 3.10. The monoisotopic (exact) mass is 409 g/mol. The van der Waals surface area contributed by atoms with E-state index in [1.807, 2.05) is 18.2 Å². The van der Waals surface area contributed by atoms with Crippen LogP contribution in [-0.4, -0.2) is 31.6 Å². The van der Waals surface area contributed by atoms with Gasteiger partial charge in [-0.25, -0.2) is 4.98 Å². The number of methoxy groups -OCH3 is 1. The summed E-state index contributed by atoms with van der Waals surface area (Å²) in [6.45, 7) is 0.255. The van der Waals surface area contributed by atoms with E-state index in [0.717, 1.165) is 23.0 Å². The Labute approximate surface area is 163 Å². The van der Waals surface area contributed by atoms with Gasteiger partial charge in [0.25, 0.3) is 0 Å². The number of fused-ring (bicyclic) bond motifs is 1. The van der Waals surface area contributed by atoms with Gasteiger partial charge in [-0.1, -0.05) is 35.6 Å². The van der Waals surface area contributed by atoms with E-state index < -0.39 is 11.7 Å². The Hall–Kier alpha value is -2.81. The minimum atomic E-state index is -4.48. The fourth-order valence-corrected chi connectivity index (χ4v) is 3.66. The van der Waals surface area contributed by atoms with Crippen LogP contribution in [0.15, 0.2) is 42.5 Å². The normalized spacial score (nSPS) is 11.5. The molecule has 2 aromatic carbocycles. The standard InChI is InChI=1S/C19H18F3N3O2S/c1-25(11-16(26)23-10-12-6-3-4-8-14(12)27-2)18-24-17-13(19(20,21)22)7-5-9-15(17)28-18/h3-9H,10-11H2,1-2H3,(H,23,26). The van der Waals surface area contributed by atoms with Gasteiger partial charge in [0.2, 0.25) is 5.91 Å². The lowest BCUT2D eigenvalue weighted by atomic mass is 10.2. The SMILES string of the molecule is COc1ccccc1CNC(=O)CN(C)c1nc2c(C(F)(F)F)cccc2s1. The number of rotatable bonds is 6. The summed E-state index contributed by atoms with van der Waals surface area (Å²) in [7, 11) is 3.17. The Morgan fingerprint density at radius 2 is 1.96 bits per heavy atom. The van der Waals surface area contributed by atoms with Crippen molar-refractivity contribution in [2.45, 2.75) is 12.7 Å². The Morgan fingerprint density at radius 1 is 1.21 bits per heavy atom. The molecule has 0 spiro atoms. The summed E-state index contributed by atoms with van der Waals surface area (Å²) >= 11 is 1.11. The van der Waals surface area contributed by atoms with Gasteiger partial charge in [0.15, 0.2) is 5.13 Å². The molecule has 1 heterocycles. The number of carbonyl (C=O) groups excluding carboxylic acids is 1. The fraction of sp³-hybridized carbons (Fsp3) is 0.263. The molecule has 0 aliphatic carbocycles. The number of likely N-dealkylation sites (N-methyl/N-ethyl adjacent to an activating group) is 1. The molecule has 0 fully saturated rings. The van der Waals surface area contributed by atoms with Gasteiger partial charge in [0, 0.05) is 19.2 Å².